The molecule has 0 atom stereocenters. The third kappa shape index (κ3) is 9.27. The molecule has 0 saturated carbocycles. The van der Waals surface area contributed by atoms with E-state index in [0.717, 1.165) is 83.7 Å². The molecule has 0 bridgehead atoms. The standard InChI is InChI=1S/C56H42F3N3O3S/c1-37-28-52(40-16-6-3-7-17-40)61-35-50(37)48-24-14-12-22-46(48)44-30-39(26-27-43-34-60-54(42-20-10-5-11-21-42)33-55(43)65-66(63,64)56(57,58)59)31-45(32-44)47-23-13-15-25-49(47)51-36-62-53(29-38(51)2)41-18-8-4-9-19-41/h3-25,28-36H,26-27H2,1-2H3. The highest BCUT2D eigenvalue weighted by Crippen LogP contribution is 2.41. The van der Waals surface area contributed by atoms with Gasteiger partial charge >= 0.3 is 15.6 Å². The lowest BCUT2D eigenvalue weighted by Crippen LogP contribution is -2.28. The fourth-order valence-corrected chi connectivity index (χ4v) is 8.72. The highest BCUT2D eigenvalue weighted by atomic mass is 32.2. The number of nitrogens with zero attached hydrogens (tertiary/aromatic N) is 3. The Bertz CT molecular complexity index is 3160. The highest BCUT2D eigenvalue weighted by molar-refractivity contribution is 7.88. The normalized spacial score (nSPS) is 11.7. The minimum absolute atomic E-state index is 0.116. The van der Waals surface area contributed by atoms with Gasteiger partial charge in [0.15, 0.2) is 0 Å². The van der Waals surface area contributed by atoms with E-state index < -0.39 is 21.4 Å². The van der Waals surface area contributed by atoms with Crippen LogP contribution in [0.25, 0.3) is 78.3 Å². The Hall–Kier alpha value is -7.69. The summed E-state index contributed by atoms with van der Waals surface area (Å²) >= 11 is 0. The first kappa shape index (κ1) is 43.6. The monoisotopic (exact) mass is 893 g/mol. The first-order valence-electron chi connectivity index (χ1n) is 21.3. The topological polar surface area (TPSA) is 82.0 Å². The summed E-state index contributed by atoms with van der Waals surface area (Å²) in [5, 5.41) is 0. The van der Waals surface area contributed by atoms with Gasteiger partial charge in [-0.1, -0.05) is 152 Å². The summed E-state index contributed by atoms with van der Waals surface area (Å²) in [4.78, 5) is 14.3. The van der Waals surface area contributed by atoms with E-state index in [1.165, 1.54) is 12.3 Å². The van der Waals surface area contributed by atoms with E-state index in [-0.39, 0.29) is 17.7 Å². The minimum atomic E-state index is -5.99. The van der Waals surface area contributed by atoms with Gasteiger partial charge in [0.1, 0.15) is 5.75 Å². The summed E-state index contributed by atoms with van der Waals surface area (Å²) in [7, 11) is -5.99. The number of aromatic nitrogens is 3. The van der Waals surface area contributed by atoms with Gasteiger partial charge in [-0.15, -0.1) is 0 Å². The summed E-state index contributed by atoms with van der Waals surface area (Å²) in [6.07, 6.45) is 5.63. The summed E-state index contributed by atoms with van der Waals surface area (Å²) in [6.45, 7) is 4.15. The molecule has 3 aromatic heterocycles. The third-order valence-electron chi connectivity index (χ3n) is 11.6. The number of benzene rings is 6. The Morgan fingerprint density at radius 2 is 0.833 bits per heavy atom. The Labute approximate surface area is 382 Å². The molecule has 0 fully saturated rings. The summed E-state index contributed by atoms with van der Waals surface area (Å²) in [5.74, 6) is -0.433. The average Bonchev–Trinajstić information content (AvgIpc) is 3.34. The molecule has 0 aliphatic rings. The molecule has 326 valence electrons. The van der Waals surface area contributed by atoms with Crippen molar-refractivity contribution in [1.29, 1.82) is 0 Å². The van der Waals surface area contributed by atoms with Gasteiger partial charge in [-0.3, -0.25) is 15.0 Å². The van der Waals surface area contributed by atoms with Crippen LogP contribution in [0, 0.1) is 13.8 Å². The number of pyridine rings is 3. The van der Waals surface area contributed by atoms with E-state index in [0.29, 0.717) is 12.0 Å². The lowest BCUT2D eigenvalue weighted by Gasteiger charge is -2.18. The maximum atomic E-state index is 13.8. The van der Waals surface area contributed by atoms with Crippen LogP contribution in [0.3, 0.4) is 0 Å². The van der Waals surface area contributed by atoms with Gasteiger partial charge in [-0.2, -0.15) is 21.6 Å². The van der Waals surface area contributed by atoms with Crippen molar-refractivity contribution in [3.05, 3.63) is 217 Å². The van der Waals surface area contributed by atoms with Crippen molar-refractivity contribution in [2.24, 2.45) is 0 Å². The van der Waals surface area contributed by atoms with Crippen molar-refractivity contribution < 1.29 is 25.8 Å². The van der Waals surface area contributed by atoms with Crippen molar-refractivity contribution in [2.75, 3.05) is 0 Å². The van der Waals surface area contributed by atoms with Gasteiger partial charge in [0.2, 0.25) is 0 Å². The summed E-state index contributed by atoms with van der Waals surface area (Å²) in [6, 6.07) is 56.9. The molecule has 3 heterocycles. The number of hydrogen-bond acceptors (Lipinski definition) is 6. The zero-order valence-electron chi connectivity index (χ0n) is 36.0. The molecule has 10 heteroatoms. The fraction of sp³-hybridized carbons (Fsp3) is 0.0893. The summed E-state index contributed by atoms with van der Waals surface area (Å²) < 4.78 is 71.0. The Kier molecular flexibility index (Phi) is 12.2. The molecule has 9 rings (SSSR count). The van der Waals surface area contributed by atoms with Crippen LogP contribution in [0.2, 0.25) is 0 Å². The molecule has 0 spiro atoms. The van der Waals surface area contributed by atoms with E-state index in [4.69, 9.17) is 14.2 Å². The van der Waals surface area contributed by atoms with Gasteiger partial charge in [0, 0.05) is 58.0 Å². The molecule has 0 aliphatic heterocycles. The van der Waals surface area contributed by atoms with Crippen LogP contribution in [-0.2, 0) is 23.0 Å². The highest BCUT2D eigenvalue weighted by Gasteiger charge is 2.49. The van der Waals surface area contributed by atoms with Gasteiger partial charge in [0.05, 0.1) is 17.1 Å². The molecule has 0 N–H and O–H groups in total. The van der Waals surface area contributed by atoms with Crippen LogP contribution in [0.1, 0.15) is 22.3 Å². The number of alkyl halides is 3. The van der Waals surface area contributed by atoms with E-state index in [1.54, 1.807) is 30.3 Å². The molecule has 0 unspecified atom stereocenters. The van der Waals surface area contributed by atoms with Gasteiger partial charge in [-0.05, 0) is 95.0 Å². The van der Waals surface area contributed by atoms with Crippen LogP contribution < -0.4 is 4.18 Å². The molecule has 66 heavy (non-hydrogen) atoms. The van der Waals surface area contributed by atoms with Crippen LogP contribution in [0.4, 0.5) is 13.2 Å². The molecule has 6 aromatic carbocycles. The molecule has 0 amide bonds. The first-order chi connectivity index (χ1) is 31.9. The maximum Gasteiger partial charge on any atom is 0.534 e. The molecular formula is C56H42F3N3O3S. The minimum Gasteiger partial charge on any atom is -0.376 e. The van der Waals surface area contributed by atoms with E-state index in [9.17, 15) is 21.6 Å². The Balaban J connectivity index is 1.16. The first-order valence-corrected chi connectivity index (χ1v) is 22.8. The molecule has 9 aromatic rings. The summed E-state index contributed by atoms with van der Waals surface area (Å²) in [5.41, 5.74) is 9.77. The lowest BCUT2D eigenvalue weighted by molar-refractivity contribution is -0.0500. The van der Waals surface area contributed by atoms with Crippen LogP contribution in [0.15, 0.2) is 195 Å². The number of rotatable bonds is 12. The predicted molar refractivity (Wildman–Crippen MR) is 257 cm³/mol. The van der Waals surface area contributed by atoms with Crippen LogP contribution >= 0.6 is 0 Å². The van der Waals surface area contributed by atoms with Crippen molar-refractivity contribution in [1.82, 2.24) is 15.0 Å². The zero-order chi connectivity index (χ0) is 45.8. The van der Waals surface area contributed by atoms with Crippen molar-refractivity contribution >= 4 is 10.1 Å². The second-order valence-electron chi connectivity index (χ2n) is 16.0. The van der Waals surface area contributed by atoms with Crippen molar-refractivity contribution in [3.8, 4) is 84.0 Å². The molecule has 0 saturated heterocycles. The number of hydrogen-bond donors (Lipinski definition) is 0. The quantitative estimate of drug-likeness (QED) is 0.0897. The predicted octanol–water partition coefficient (Wildman–Crippen LogP) is 14.2. The van der Waals surface area contributed by atoms with Gasteiger partial charge in [-0.25, -0.2) is 0 Å². The van der Waals surface area contributed by atoms with E-state index in [2.05, 4.69) is 73.4 Å². The molecular weight excluding hydrogens is 852 g/mol. The smallest absolute Gasteiger partial charge is 0.376 e. The van der Waals surface area contributed by atoms with E-state index in [1.807, 2.05) is 97.3 Å². The van der Waals surface area contributed by atoms with Crippen LogP contribution in [-0.4, -0.2) is 28.9 Å². The number of aryl methyl sites for hydroxylation is 4. The average molecular weight is 894 g/mol. The van der Waals surface area contributed by atoms with Gasteiger partial charge in [0.25, 0.3) is 0 Å². The largest absolute Gasteiger partial charge is 0.534 e. The van der Waals surface area contributed by atoms with Gasteiger partial charge < -0.3 is 4.18 Å². The Morgan fingerprint density at radius 1 is 0.439 bits per heavy atom. The SMILES string of the molecule is Cc1cc(-c2ccccc2)ncc1-c1ccccc1-c1cc(CCc2cnc(-c3ccccc3)cc2OS(=O)(=O)C(F)(F)F)cc(-c2ccccc2-c2cnc(-c3ccccc3)cc2C)c1. The maximum absolute atomic E-state index is 13.8. The second-order valence-corrected chi connectivity index (χ2v) is 17.6. The molecule has 0 radical (unpaired) electrons. The Morgan fingerprint density at radius 3 is 1.26 bits per heavy atom. The molecule has 6 nitrogen and oxygen atoms in total. The molecule has 0 aliphatic carbocycles. The number of halogens is 3. The second kappa shape index (κ2) is 18.4. The van der Waals surface area contributed by atoms with Crippen molar-refractivity contribution in [3.63, 3.8) is 0 Å². The zero-order valence-corrected chi connectivity index (χ0v) is 36.8. The fourth-order valence-electron chi connectivity index (χ4n) is 8.24. The van der Waals surface area contributed by atoms with Crippen LogP contribution in [0.5, 0.6) is 5.75 Å². The van der Waals surface area contributed by atoms with E-state index >= 15 is 0 Å². The lowest BCUT2D eigenvalue weighted by atomic mass is 9.87. The third-order valence-corrected chi connectivity index (χ3v) is 12.6. The van der Waals surface area contributed by atoms with Crippen molar-refractivity contribution in [2.45, 2.75) is 32.2 Å².